The molecule has 2 aliphatic rings. The maximum Gasteiger partial charge on any atom is 0.258 e. The summed E-state index contributed by atoms with van der Waals surface area (Å²) in [6.45, 7) is 5.31. The minimum Gasteiger partial charge on any atom is -0.454 e. The zero-order valence-electron chi connectivity index (χ0n) is 11.1. The number of para-hydroxylation sites is 1. The average Bonchev–Trinajstić information content (AvgIpc) is 2.89. The second-order valence-electron chi connectivity index (χ2n) is 4.99. The number of fused-ring (bicyclic) bond motifs is 1. The van der Waals surface area contributed by atoms with E-state index in [1.807, 2.05) is 30.9 Å². The van der Waals surface area contributed by atoms with Crippen LogP contribution in [0.2, 0.25) is 0 Å². The van der Waals surface area contributed by atoms with Gasteiger partial charge in [-0.2, -0.15) is 0 Å². The Bertz CT molecular complexity index is 502. The summed E-state index contributed by atoms with van der Waals surface area (Å²) in [6, 6.07) is 5.48. The zero-order chi connectivity index (χ0) is 13.4. The first-order chi connectivity index (χ1) is 9.16. The van der Waals surface area contributed by atoms with Crippen LogP contribution in [0.15, 0.2) is 18.2 Å². The van der Waals surface area contributed by atoms with Gasteiger partial charge in [-0.15, -0.1) is 0 Å². The van der Waals surface area contributed by atoms with Gasteiger partial charge in [-0.25, -0.2) is 0 Å². The van der Waals surface area contributed by atoms with Crippen LogP contribution in [0.4, 0.5) is 0 Å². The summed E-state index contributed by atoms with van der Waals surface area (Å²) in [4.78, 5) is 14.5. The van der Waals surface area contributed by atoms with E-state index in [1.54, 1.807) is 6.07 Å². The quantitative estimate of drug-likeness (QED) is 0.773. The van der Waals surface area contributed by atoms with Gasteiger partial charge in [0, 0.05) is 6.54 Å². The van der Waals surface area contributed by atoms with E-state index in [0.29, 0.717) is 30.2 Å². The van der Waals surface area contributed by atoms with E-state index in [9.17, 15) is 4.79 Å². The molecule has 2 aliphatic heterocycles. The minimum atomic E-state index is -0.0231. The summed E-state index contributed by atoms with van der Waals surface area (Å²) in [5.74, 6) is 1.17. The number of hydrogen-bond acceptors (Lipinski definition) is 4. The van der Waals surface area contributed by atoms with Gasteiger partial charge in [-0.3, -0.25) is 4.79 Å². The van der Waals surface area contributed by atoms with E-state index in [-0.39, 0.29) is 24.8 Å². The van der Waals surface area contributed by atoms with Crippen LogP contribution in [0.5, 0.6) is 11.5 Å². The lowest BCUT2D eigenvalue weighted by atomic mass is 10.1. The van der Waals surface area contributed by atoms with Crippen molar-refractivity contribution in [1.29, 1.82) is 0 Å². The van der Waals surface area contributed by atoms with Gasteiger partial charge in [0.05, 0.1) is 24.3 Å². The monoisotopic (exact) mass is 263 g/mol. The maximum absolute atomic E-state index is 12.7. The fourth-order valence-electron chi connectivity index (χ4n) is 2.44. The standard InChI is InChI=1S/C14H17NO4/c1-9-7-17-10(2)6-15(9)14(16)11-4-3-5-12-13(11)19-8-18-12/h3-5,9-10H,6-8H2,1-2H3/t9-,10+/m0/s1. The molecule has 0 saturated carbocycles. The van der Waals surface area contributed by atoms with Crippen molar-refractivity contribution in [3.63, 3.8) is 0 Å². The fourth-order valence-corrected chi connectivity index (χ4v) is 2.44. The Morgan fingerprint density at radius 2 is 2.16 bits per heavy atom. The topological polar surface area (TPSA) is 48.0 Å². The summed E-state index contributed by atoms with van der Waals surface area (Å²) < 4.78 is 16.3. The van der Waals surface area contributed by atoms with Crippen molar-refractivity contribution in [1.82, 2.24) is 4.90 Å². The Morgan fingerprint density at radius 1 is 1.32 bits per heavy atom. The molecule has 0 N–H and O–H groups in total. The Hall–Kier alpha value is -1.75. The minimum absolute atomic E-state index is 0.0231. The first-order valence-corrected chi connectivity index (χ1v) is 6.48. The van der Waals surface area contributed by atoms with Crippen molar-refractivity contribution >= 4 is 5.91 Å². The van der Waals surface area contributed by atoms with Crippen molar-refractivity contribution in [2.45, 2.75) is 26.0 Å². The number of carbonyl (C=O) groups excluding carboxylic acids is 1. The van der Waals surface area contributed by atoms with Gasteiger partial charge in [0.15, 0.2) is 11.5 Å². The molecule has 102 valence electrons. The molecule has 2 atom stereocenters. The lowest BCUT2D eigenvalue weighted by Crippen LogP contribution is -2.50. The summed E-state index contributed by atoms with van der Waals surface area (Å²) in [5.41, 5.74) is 0.566. The highest BCUT2D eigenvalue weighted by Crippen LogP contribution is 2.36. The van der Waals surface area contributed by atoms with Crippen molar-refractivity contribution in [2.24, 2.45) is 0 Å². The van der Waals surface area contributed by atoms with Crippen LogP contribution in [0.25, 0.3) is 0 Å². The molecule has 3 rings (SSSR count). The van der Waals surface area contributed by atoms with E-state index >= 15 is 0 Å². The number of hydrogen-bond donors (Lipinski definition) is 0. The molecule has 1 aromatic rings. The molecule has 0 bridgehead atoms. The molecule has 1 fully saturated rings. The van der Waals surface area contributed by atoms with E-state index < -0.39 is 0 Å². The summed E-state index contributed by atoms with van der Waals surface area (Å²) in [6.07, 6.45) is 0.0640. The molecule has 0 aliphatic carbocycles. The Balaban J connectivity index is 1.90. The van der Waals surface area contributed by atoms with Crippen LogP contribution < -0.4 is 9.47 Å². The van der Waals surface area contributed by atoms with Gasteiger partial charge in [0.1, 0.15) is 0 Å². The molecule has 1 saturated heterocycles. The highest BCUT2D eigenvalue weighted by Gasteiger charge is 2.31. The van der Waals surface area contributed by atoms with Gasteiger partial charge >= 0.3 is 0 Å². The summed E-state index contributed by atoms with van der Waals surface area (Å²) >= 11 is 0. The molecule has 0 aromatic heterocycles. The van der Waals surface area contributed by atoms with Gasteiger partial charge in [0.2, 0.25) is 6.79 Å². The molecular formula is C14H17NO4. The number of amides is 1. The second-order valence-corrected chi connectivity index (χ2v) is 4.99. The maximum atomic E-state index is 12.7. The first kappa shape index (κ1) is 12.3. The SMILES string of the molecule is C[C@@H]1CN(C(=O)c2cccc3c2OCO3)[C@@H](C)CO1. The predicted molar refractivity (Wildman–Crippen MR) is 68.5 cm³/mol. The largest absolute Gasteiger partial charge is 0.454 e. The summed E-state index contributed by atoms with van der Waals surface area (Å²) in [7, 11) is 0. The predicted octanol–water partition coefficient (Wildman–Crippen LogP) is 1.66. The smallest absolute Gasteiger partial charge is 0.258 e. The molecule has 1 amide bonds. The molecule has 5 heteroatoms. The average molecular weight is 263 g/mol. The number of rotatable bonds is 1. The van der Waals surface area contributed by atoms with Crippen molar-refractivity contribution in [2.75, 3.05) is 19.9 Å². The third-order valence-electron chi connectivity index (χ3n) is 3.50. The number of morpholine rings is 1. The van der Waals surface area contributed by atoms with Gasteiger partial charge in [-0.05, 0) is 26.0 Å². The molecular weight excluding hydrogens is 246 g/mol. The second kappa shape index (κ2) is 4.74. The molecule has 5 nitrogen and oxygen atoms in total. The van der Waals surface area contributed by atoms with Crippen molar-refractivity contribution < 1.29 is 19.0 Å². The van der Waals surface area contributed by atoms with E-state index in [2.05, 4.69) is 0 Å². The van der Waals surface area contributed by atoms with Crippen LogP contribution in [0, 0.1) is 0 Å². The number of ether oxygens (including phenoxy) is 3. The van der Waals surface area contributed by atoms with Gasteiger partial charge in [-0.1, -0.05) is 6.07 Å². The van der Waals surface area contributed by atoms with E-state index in [1.165, 1.54) is 0 Å². The zero-order valence-corrected chi connectivity index (χ0v) is 11.1. The van der Waals surface area contributed by atoms with Crippen LogP contribution in [0.1, 0.15) is 24.2 Å². The third-order valence-corrected chi connectivity index (χ3v) is 3.50. The van der Waals surface area contributed by atoms with E-state index in [0.717, 1.165) is 0 Å². The Kier molecular flexibility index (Phi) is 3.06. The number of benzene rings is 1. The van der Waals surface area contributed by atoms with Crippen LogP contribution in [0.3, 0.4) is 0 Å². The van der Waals surface area contributed by atoms with Crippen LogP contribution in [-0.4, -0.2) is 42.9 Å². The molecule has 1 aromatic carbocycles. The van der Waals surface area contributed by atoms with Crippen molar-refractivity contribution in [3.05, 3.63) is 23.8 Å². The number of carbonyl (C=O) groups is 1. The van der Waals surface area contributed by atoms with Gasteiger partial charge in [0.25, 0.3) is 5.91 Å². The molecule has 2 heterocycles. The molecule has 0 spiro atoms. The molecule has 0 radical (unpaired) electrons. The first-order valence-electron chi connectivity index (χ1n) is 6.48. The normalized spacial score (nSPS) is 25.5. The highest BCUT2D eigenvalue weighted by atomic mass is 16.7. The third kappa shape index (κ3) is 2.14. The molecule has 19 heavy (non-hydrogen) atoms. The number of nitrogens with zero attached hydrogens (tertiary/aromatic N) is 1. The molecule has 0 unspecified atom stereocenters. The van der Waals surface area contributed by atoms with Crippen LogP contribution >= 0.6 is 0 Å². The Morgan fingerprint density at radius 3 is 3.00 bits per heavy atom. The summed E-state index contributed by atoms with van der Waals surface area (Å²) in [5, 5.41) is 0. The van der Waals surface area contributed by atoms with Crippen molar-refractivity contribution in [3.8, 4) is 11.5 Å². The van der Waals surface area contributed by atoms with Crippen LogP contribution in [-0.2, 0) is 4.74 Å². The highest BCUT2D eigenvalue weighted by molar-refractivity contribution is 5.98. The van der Waals surface area contributed by atoms with E-state index in [4.69, 9.17) is 14.2 Å². The lowest BCUT2D eigenvalue weighted by molar-refractivity contribution is -0.0388. The van der Waals surface area contributed by atoms with Gasteiger partial charge < -0.3 is 19.1 Å². The fraction of sp³-hybridized carbons (Fsp3) is 0.500. The lowest BCUT2D eigenvalue weighted by Gasteiger charge is -2.36. The Labute approximate surface area is 112 Å².